The van der Waals surface area contributed by atoms with Crippen molar-refractivity contribution in [3.63, 3.8) is 0 Å². The minimum absolute atomic E-state index is 0.0738. The fourth-order valence-electron chi connectivity index (χ4n) is 2.93. The molecule has 0 spiro atoms. The SMILES string of the molecule is CC1CCC(C(=O)O)n2c1nn(Cc1ccc(C(F)(F)F)nc1)c2=O. The van der Waals surface area contributed by atoms with E-state index in [0.29, 0.717) is 24.2 Å². The van der Waals surface area contributed by atoms with Crippen molar-refractivity contribution in [2.75, 3.05) is 0 Å². The van der Waals surface area contributed by atoms with Gasteiger partial charge in [0.25, 0.3) is 0 Å². The van der Waals surface area contributed by atoms with Crippen LogP contribution in [0.15, 0.2) is 23.1 Å². The number of hydrogen-bond donors (Lipinski definition) is 1. The Morgan fingerprint density at radius 2 is 2.08 bits per heavy atom. The first-order chi connectivity index (χ1) is 11.7. The van der Waals surface area contributed by atoms with Crippen LogP contribution in [0.3, 0.4) is 0 Å². The summed E-state index contributed by atoms with van der Waals surface area (Å²) >= 11 is 0. The number of fused-ring (bicyclic) bond motifs is 1. The molecule has 0 aliphatic carbocycles. The molecule has 0 saturated heterocycles. The number of pyridine rings is 1. The second kappa shape index (κ2) is 6.01. The second-order valence-electron chi connectivity index (χ2n) is 6.05. The molecule has 1 N–H and O–H groups in total. The highest BCUT2D eigenvalue weighted by molar-refractivity contribution is 5.72. The fraction of sp³-hybridized carbons (Fsp3) is 0.467. The van der Waals surface area contributed by atoms with Crippen LogP contribution in [-0.4, -0.2) is 30.4 Å². The predicted molar refractivity (Wildman–Crippen MR) is 79.1 cm³/mol. The number of hydrogen-bond acceptors (Lipinski definition) is 4. The molecule has 0 amide bonds. The van der Waals surface area contributed by atoms with E-state index in [2.05, 4.69) is 10.1 Å². The van der Waals surface area contributed by atoms with Gasteiger partial charge < -0.3 is 5.11 Å². The summed E-state index contributed by atoms with van der Waals surface area (Å²) in [4.78, 5) is 27.2. The van der Waals surface area contributed by atoms with Gasteiger partial charge in [0.1, 0.15) is 17.6 Å². The molecule has 2 atom stereocenters. The molecular weight excluding hydrogens is 341 g/mol. The summed E-state index contributed by atoms with van der Waals surface area (Å²) in [6.07, 6.45) is -2.58. The van der Waals surface area contributed by atoms with Crippen LogP contribution in [0.5, 0.6) is 0 Å². The number of halogens is 3. The van der Waals surface area contributed by atoms with Crippen molar-refractivity contribution in [2.45, 2.75) is 44.4 Å². The van der Waals surface area contributed by atoms with Gasteiger partial charge >= 0.3 is 17.8 Å². The quantitative estimate of drug-likeness (QED) is 0.909. The van der Waals surface area contributed by atoms with Crippen LogP contribution < -0.4 is 5.69 Å². The van der Waals surface area contributed by atoms with Crippen molar-refractivity contribution >= 4 is 5.97 Å². The molecule has 2 aromatic rings. The molecule has 3 rings (SSSR count). The lowest BCUT2D eigenvalue weighted by atomic mass is 9.96. The molecule has 0 saturated carbocycles. The lowest BCUT2D eigenvalue weighted by Crippen LogP contribution is -2.35. The molecule has 134 valence electrons. The van der Waals surface area contributed by atoms with E-state index in [4.69, 9.17) is 0 Å². The van der Waals surface area contributed by atoms with E-state index in [9.17, 15) is 27.9 Å². The number of rotatable bonds is 3. The third-order valence-electron chi connectivity index (χ3n) is 4.26. The molecule has 7 nitrogen and oxygen atoms in total. The Balaban J connectivity index is 1.93. The van der Waals surface area contributed by atoms with Crippen LogP contribution in [0.2, 0.25) is 0 Å². The number of carboxylic acids is 1. The summed E-state index contributed by atoms with van der Waals surface area (Å²) < 4.78 is 39.8. The maximum absolute atomic E-state index is 12.5. The molecule has 2 unspecified atom stereocenters. The maximum atomic E-state index is 12.5. The highest BCUT2D eigenvalue weighted by Gasteiger charge is 2.34. The smallest absolute Gasteiger partial charge is 0.433 e. The fourth-order valence-corrected chi connectivity index (χ4v) is 2.93. The van der Waals surface area contributed by atoms with E-state index in [-0.39, 0.29) is 12.5 Å². The minimum atomic E-state index is -4.53. The Morgan fingerprint density at radius 1 is 1.36 bits per heavy atom. The van der Waals surface area contributed by atoms with E-state index in [1.165, 1.54) is 6.07 Å². The molecular formula is C15H15F3N4O3. The van der Waals surface area contributed by atoms with Gasteiger partial charge in [-0.3, -0.25) is 9.55 Å². The van der Waals surface area contributed by atoms with Crippen LogP contribution in [-0.2, 0) is 17.5 Å². The molecule has 0 fully saturated rings. The molecule has 2 aromatic heterocycles. The van der Waals surface area contributed by atoms with Gasteiger partial charge in [-0.05, 0) is 24.5 Å². The van der Waals surface area contributed by atoms with Crippen molar-refractivity contribution in [3.8, 4) is 0 Å². The number of carbonyl (C=O) groups is 1. The van der Waals surface area contributed by atoms with Crippen LogP contribution in [0.4, 0.5) is 13.2 Å². The Hall–Kier alpha value is -2.65. The van der Waals surface area contributed by atoms with Crippen molar-refractivity contribution in [1.29, 1.82) is 0 Å². The van der Waals surface area contributed by atoms with Crippen LogP contribution in [0.25, 0.3) is 0 Å². The first-order valence-electron chi connectivity index (χ1n) is 7.62. The standard InChI is InChI=1S/C15H15F3N4O3/c1-8-2-4-10(13(23)24)22-12(8)20-21(14(22)25)7-9-3-5-11(19-6-9)15(16,17)18/h3,5-6,8,10H,2,4,7H2,1H3,(H,23,24). The maximum Gasteiger partial charge on any atom is 0.433 e. The lowest BCUT2D eigenvalue weighted by molar-refractivity contribution is -0.142. The summed E-state index contributed by atoms with van der Waals surface area (Å²) in [7, 11) is 0. The zero-order chi connectivity index (χ0) is 18.4. The molecule has 0 bridgehead atoms. The summed E-state index contributed by atoms with van der Waals surface area (Å²) in [6.45, 7) is 1.77. The third-order valence-corrected chi connectivity index (χ3v) is 4.26. The Kier molecular flexibility index (Phi) is 4.13. The largest absolute Gasteiger partial charge is 0.480 e. The Labute approximate surface area is 139 Å². The molecule has 10 heteroatoms. The number of aromatic nitrogens is 4. The van der Waals surface area contributed by atoms with Crippen LogP contribution in [0, 0.1) is 0 Å². The van der Waals surface area contributed by atoms with Gasteiger partial charge in [0.05, 0.1) is 6.54 Å². The first kappa shape index (κ1) is 17.2. The molecule has 0 radical (unpaired) electrons. The van der Waals surface area contributed by atoms with Crippen molar-refractivity contribution in [1.82, 2.24) is 19.3 Å². The van der Waals surface area contributed by atoms with E-state index < -0.39 is 29.6 Å². The lowest BCUT2D eigenvalue weighted by Gasteiger charge is -2.23. The van der Waals surface area contributed by atoms with Gasteiger partial charge in [0.2, 0.25) is 0 Å². The van der Waals surface area contributed by atoms with Crippen LogP contribution in [0.1, 0.15) is 48.8 Å². The van der Waals surface area contributed by atoms with E-state index in [0.717, 1.165) is 21.5 Å². The second-order valence-corrected chi connectivity index (χ2v) is 6.05. The summed E-state index contributed by atoms with van der Waals surface area (Å²) in [5.41, 5.74) is -1.24. The van der Waals surface area contributed by atoms with Gasteiger partial charge in [-0.25, -0.2) is 14.3 Å². The number of nitrogens with zero attached hydrogens (tertiary/aromatic N) is 4. The van der Waals surface area contributed by atoms with Gasteiger partial charge in [-0.2, -0.15) is 18.3 Å². The molecule has 25 heavy (non-hydrogen) atoms. The van der Waals surface area contributed by atoms with Crippen LogP contribution >= 0.6 is 0 Å². The van der Waals surface area contributed by atoms with Gasteiger partial charge in [0, 0.05) is 12.1 Å². The average molecular weight is 356 g/mol. The number of alkyl halides is 3. The Bertz CT molecular complexity index is 854. The number of carboxylic acid groups (broad SMARTS) is 1. The third kappa shape index (κ3) is 3.15. The highest BCUT2D eigenvalue weighted by Crippen LogP contribution is 2.31. The zero-order valence-corrected chi connectivity index (χ0v) is 13.2. The normalized spacial score (nSPS) is 20.3. The first-order valence-corrected chi connectivity index (χ1v) is 7.62. The summed E-state index contributed by atoms with van der Waals surface area (Å²) in [5, 5.41) is 13.5. The topological polar surface area (TPSA) is 90.0 Å². The van der Waals surface area contributed by atoms with Crippen molar-refractivity contribution in [2.24, 2.45) is 0 Å². The summed E-state index contributed by atoms with van der Waals surface area (Å²) in [6, 6.07) is 1.08. The Morgan fingerprint density at radius 3 is 2.64 bits per heavy atom. The molecule has 1 aliphatic heterocycles. The monoisotopic (exact) mass is 356 g/mol. The highest BCUT2D eigenvalue weighted by atomic mass is 19.4. The van der Waals surface area contributed by atoms with E-state index >= 15 is 0 Å². The molecule has 0 aromatic carbocycles. The van der Waals surface area contributed by atoms with Gasteiger partial charge in [-0.1, -0.05) is 13.0 Å². The number of aliphatic carboxylic acids is 1. The van der Waals surface area contributed by atoms with Crippen molar-refractivity contribution in [3.05, 3.63) is 45.9 Å². The molecule has 1 aliphatic rings. The van der Waals surface area contributed by atoms with E-state index in [1.807, 2.05) is 6.92 Å². The van der Waals surface area contributed by atoms with Crippen molar-refractivity contribution < 1.29 is 23.1 Å². The predicted octanol–water partition coefficient (Wildman–Crippen LogP) is 2.03. The zero-order valence-electron chi connectivity index (χ0n) is 13.2. The molecule has 3 heterocycles. The minimum Gasteiger partial charge on any atom is -0.480 e. The van der Waals surface area contributed by atoms with Gasteiger partial charge in [0.15, 0.2) is 0 Å². The average Bonchev–Trinajstić information content (AvgIpc) is 2.85. The summed E-state index contributed by atoms with van der Waals surface area (Å²) in [5.74, 6) is -0.801. The van der Waals surface area contributed by atoms with Gasteiger partial charge in [-0.15, -0.1) is 0 Å². The van der Waals surface area contributed by atoms with E-state index in [1.54, 1.807) is 0 Å².